The van der Waals surface area contributed by atoms with Crippen molar-refractivity contribution in [3.05, 3.63) is 77.7 Å². The summed E-state index contributed by atoms with van der Waals surface area (Å²) in [4.78, 5) is 14.8. The molecule has 0 aliphatic carbocycles. The molecule has 4 rings (SSSR count). The van der Waals surface area contributed by atoms with Crippen LogP contribution in [0.25, 0.3) is 0 Å². The number of alkyl halides is 2. The molecule has 6 nitrogen and oxygen atoms in total. The number of anilines is 1. The minimum atomic E-state index is -3.00. The van der Waals surface area contributed by atoms with Crippen LogP contribution >= 0.6 is 0 Å². The van der Waals surface area contributed by atoms with E-state index >= 15 is 0 Å². The number of carbonyl (C=O) groups excluding carboxylic acids is 1. The number of fused-ring (bicyclic) bond motifs is 1. The minimum Gasteiger partial charge on any atom is -0.493 e. The van der Waals surface area contributed by atoms with E-state index in [9.17, 15) is 13.6 Å². The average molecular weight is 400 g/mol. The molecule has 1 aliphatic rings. The van der Waals surface area contributed by atoms with Crippen molar-refractivity contribution >= 4 is 11.6 Å². The Kier molecular flexibility index (Phi) is 5.07. The third kappa shape index (κ3) is 3.73. The smallest absolute Gasteiger partial charge is 0.387 e. The van der Waals surface area contributed by atoms with Crippen molar-refractivity contribution in [2.75, 3.05) is 12.4 Å². The van der Waals surface area contributed by atoms with Gasteiger partial charge in [0.1, 0.15) is 11.9 Å². The first-order chi connectivity index (χ1) is 14.1. The zero-order valence-electron chi connectivity index (χ0n) is 15.5. The van der Waals surface area contributed by atoms with Gasteiger partial charge >= 0.3 is 6.61 Å². The highest BCUT2D eigenvalue weighted by atomic mass is 19.3. The largest absolute Gasteiger partial charge is 0.493 e. The van der Waals surface area contributed by atoms with Crippen LogP contribution in [0, 0.1) is 0 Å². The number of nitrogens with one attached hydrogen (secondary N) is 1. The van der Waals surface area contributed by atoms with Crippen molar-refractivity contribution in [2.45, 2.75) is 19.3 Å². The Bertz CT molecular complexity index is 1010. The van der Waals surface area contributed by atoms with E-state index in [4.69, 9.17) is 9.15 Å². The van der Waals surface area contributed by atoms with Crippen molar-refractivity contribution in [3.8, 4) is 11.5 Å². The van der Waals surface area contributed by atoms with Gasteiger partial charge in [0, 0.05) is 5.69 Å². The Labute approximate surface area is 165 Å². The summed E-state index contributed by atoms with van der Waals surface area (Å²) in [6, 6.07) is 15.3. The summed E-state index contributed by atoms with van der Waals surface area (Å²) in [6.45, 7) is -2.80. The van der Waals surface area contributed by atoms with Crippen molar-refractivity contribution in [3.63, 3.8) is 0 Å². The lowest BCUT2D eigenvalue weighted by Crippen LogP contribution is -2.42. The Balaban J connectivity index is 1.76. The summed E-state index contributed by atoms with van der Waals surface area (Å²) >= 11 is 0. The van der Waals surface area contributed by atoms with E-state index in [2.05, 4.69) is 10.1 Å². The second-order valence-corrected chi connectivity index (χ2v) is 6.39. The quantitative estimate of drug-likeness (QED) is 0.652. The normalized spacial score (nSPS) is 15.8. The van der Waals surface area contributed by atoms with Crippen LogP contribution in [0.15, 0.2) is 65.3 Å². The highest BCUT2D eigenvalue weighted by Gasteiger charge is 2.34. The van der Waals surface area contributed by atoms with Crippen LogP contribution in [0.3, 0.4) is 0 Å². The molecule has 0 bridgehead atoms. The number of hydrogen-bond acceptors (Lipinski definition) is 5. The SMILES string of the molecule is COc1ccc([C@H]2Nc3ccccc3C(=O)N2Cc2ccco2)cc1OC(F)F. The molecule has 0 saturated carbocycles. The van der Waals surface area contributed by atoms with E-state index in [0.717, 1.165) is 0 Å². The molecule has 2 heterocycles. The van der Waals surface area contributed by atoms with Gasteiger partial charge in [0.25, 0.3) is 5.91 Å². The molecule has 0 saturated heterocycles. The van der Waals surface area contributed by atoms with Crippen LogP contribution in [0.1, 0.15) is 27.8 Å². The molecule has 0 radical (unpaired) electrons. The van der Waals surface area contributed by atoms with E-state index in [-0.39, 0.29) is 24.0 Å². The monoisotopic (exact) mass is 400 g/mol. The number of hydrogen-bond donors (Lipinski definition) is 1. The van der Waals surface area contributed by atoms with Gasteiger partial charge in [-0.25, -0.2) is 0 Å². The number of furan rings is 1. The van der Waals surface area contributed by atoms with Gasteiger partial charge < -0.3 is 24.1 Å². The van der Waals surface area contributed by atoms with E-state index in [1.54, 1.807) is 41.3 Å². The second-order valence-electron chi connectivity index (χ2n) is 6.39. The average Bonchev–Trinajstić information content (AvgIpc) is 3.23. The predicted octanol–water partition coefficient (Wildman–Crippen LogP) is 4.66. The fraction of sp³-hybridized carbons (Fsp3) is 0.190. The number of nitrogens with zero attached hydrogens (tertiary/aromatic N) is 1. The molecule has 1 atom stereocenters. The topological polar surface area (TPSA) is 63.9 Å². The molecular weight excluding hydrogens is 382 g/mol. The van der Waals surface area contributed by atoms with Crippen molar-refractivity contribution < 1.29 is 27.5 Å². The summed E-state index contributed by atoms with van der Waals surface area (Å²) < 4.78 is 40.8. The standard InChI is InChI=1S/C21H18F2N2O4/c1-27-17-9-8-13(11-18(17)29-21(22)23)19-24-16-7-3-2-6-15(16)20(26)25(19)12-14-5-4-10-28-14/h2-11,19,21,24H,12H2,1H3/t19-/m0/s1. The van der Waals surface area contributed by atoms with Gasteiger partial charge in [0.05, 0.1) is 25.5 Å². The third-order valence-electron chi connectivity index (χ3n) is 4.65. The molecule has 1 aromatic heterocycles. The van der Waals surface area contributed by atoms with Gasteiger partial charge in [-0.3, -0.25) is 4.79 Å². The van der Waals surface area contributed by atoms with Crippen molar-refractivity contribution in [1.82, 2.24) is 4.90 Å². The van der Waals surface area contributed by atoms with Gasteiger partial charge in [-0.1, -0.05) is 18.2 Å². The molecule has 0 fully saturated rings. The van der Waals surface area contributed by atoms with E-state index in [1.165, 1.54) is 25.5 Å². The number of para-hydroxylation sites is 1. The van der Waals surface area contributed by atoms with Gasteiger partial charge in [-0.15, -0.1) is 0 Å². The van der Waals surface area contributed by atoms with E-state index in [1.807, 2.05) is 6.07 Å². The fourth-order valence-electron chi connectivity index (χ4n) is 3.34. The van der Waals surface area contributed by atoms with Gasteiger partial charge in [0.15, 0.2) is 11.5 Å². The van der Waals surface area contributed by atoms with Gasteiger partial charge in [0.2, 0.25) is 0 Å². The minimum absolute atomic E-state index is 0.106. The first-order valence-electron chi connectivity index (χ1n) is 8.88. The number of halogens is 2. The summed E-state index contributed by atoms with van der Waals surface area (Å²) in [7, 11) is 1.37. The number of ether oxygens (including phenoxy) is 2. The second kappa shape index (κ2) is 7.83. The van der Waals surface area contributed by atoms with E-state index in [0.29, 0.717) is 22.6 Å². The molecule has 0 spiro atoms. The zero-order chi connectivity index (χ0) is 20.4. The Hall–Kier alpha value is -3.55. The van der Waals surface area contributed by atoms with Crippen LogP contribution in [0.4, 0.5) is 14.5 Å². The Morgan fingerprint density at radius 3 is 2.69 bits per heavy atom. The van der Waals surface area contributed by atoms with Crippen LogP contribution in [-0.4, -0.2) is 24.5 Å². The number of methoxy groups -OCH3 is 1. The van der Waals surface area contributed by atoms with Crippen LogP contribution in [0.5, 0.6) is 11.5 Å². The number of benzene rings is 2. The zero-order valence-corrected chi connectivity index (χ0v) is 15.5. The maximum absolute atomic E-state index is 13.2. The number of amides is 1. The molecule has 0 unspecified atom stereocenters. The van der Waals surface area contributed by atoms with Crippen molar-refractivity contribution in [1.29, 1.82) is 0 Å². The Morgan fingerprint density at radius 2 is 1.97 bits per heavy atom. The van der Waals surface area contributed by atoms with Crippen LogP contribution in [-0.2, 0) is 6.54 Å². The molecule has 3 aromatic rings. The predicted molar refractivity (Wildman–Crippen MR) is 101 cm³/mol. The number of carbonyl (C=O) groups is 1. The molecule has 8 heteroatoms. The number of rotatable bonds is 6. The fourth-order valence-corrected chi connectivity index (χ4v) is 3.34. The maximum Gasteiger partial charge on any atom is 0.387 e. The summed E-state index contributed by atoms with van der Waals surface area (Å²) in [6.07, 6.45) is 0.913. The van der Waals surface area contributed by atoms with Crippen LogP contribution in [0.2, 0.25) is 0 Å². The van der Waals surface area contributed by atoms with Crippen LogP contribution < -0.4 is 14.8 Å². The highest BCUT2D eigenvalue weighted by Crippen LogP contribution is 2.38. The first-order valence-corrected chi connectivity index (χ1v) is 8.88. The first kappa shape index (κ1) is 18.8. The molecule has 1 N–H and O–H groups in total. The maximum atomic E-state index is 13.2. The van der Waals surface area contributed by atoms with E-state index < -0.39 is 12.8 Å². The highest BCUT2D eigenvalue weighted by molar-refractivity contribution is 6.01. The molecule has 29 heavy (non-hydrogen) atoms. The lowest BCUT2D eigenvalue weighted by molar-refractivity contribution is -0.0513. The van der Waals surface area contributed by atoms with Gasteiger partial charge in [-0.05, 0) is 42.0 Å². The van der Waals surface area contributed by atoms with Crippen molar-refractivity contribution in [2.24, 2.45) is 0 Å². The Morgan fingerprint density at radius 1 is 1.14 bits per heavy atom. The summed E-state index contributed by atoms with van der Waals surface area (Å²) in [5.74, 6) is 0.468. The molecular formula is C21H18F2N2O4. The summed E-state index contributed by atoms with van der Waals surface area (Å²) in [5.41, 5.74) is 1.74. The van der Waals surface area contributed by atoms with Gasteiger partial charge in [-0.2, -0.15) is 8.78 Å². The summed E-state index contributed by atoms with van der Waals surface area (Å²) in [5, 5.41) is 3.30. The molecule has 2 aromatic carbocycles. The molecule has 1 amide bonds. The lowest BCUT2D eigenvalue weighted by Gasteiger charge is -2.37. The molecule has 1 aliphatic heterocycles. The molecule has 150 valence electrons. The third-order valence-corrected chi connectivity index (χ3v) is 4.65. The lowest BCUT2D eigenvalue weighted by atomic mass is 10.0.